The average Bonchev–Trinajstić information content (AvgIpc) is 3.01. The number of rotatable bonds is 5. The van der Waals surface area contributed by atoms with Gasteiger partial charge in [0.1, 0.15) is 0 Å². The van der Waals surface area contributed by atoms with Gasteiger partial charge in [0.25, 0.3) is 0 Å². The van der Waals surface area contributed by atoms with E-state index in [-0.39, 0.29) is 0 Å². The smallest absolute Gasteiger partial charge is 0.193 e. The van der Waals surface area contributed by atoms with Crippen LogP contribution in [0.1, 0.15) is 11.3 Å². The highest BCUT2D eigenvalue weighted by atomic mass is 79.9. The lowest BCUT2D eigenvalue weighted by molar-refractivity contribution is 0.462. The maximum atomic E-state index is 4.35. The van der Waals surface area contributed by atoms with Crippen LogP contribution in [0.2, 0.25) is 0 Å². The van der Waals surface area contributed by atoms with Crippen LogP contribution in [-0.4, -0.2) is 45.8 Å². The SMILES string of the molecule is CN=C(NCCc1cnn(C)c1)N(C)Cc1cc(Br)cn1C. The third-order valence-corrected chi connectivity index (χ3v) is 3.94. The first-order valence-corrected chi connectivity index (χ1v) is 7.99. The Morgan fingerprint density at radius 1 is 1.41 bits per heavy atom. The molecule has 2 aromatic rings. The second-order valence-electron chi connectivity index (χ2n) is 5.36. The van der Waals surface area contributed by atoms with Gasteiger partial charge in [-0.25, -0.2) is 0 Å². The van der Waals surface area contributed by atoms with E-state index in [4.69, 9.17) is 0 Å². The minimum absolute atomic E-state index is 0.800. The third-order valence-electron chi connectivity index (χ3n) is 3.50. The molecule has 0 bridgehead atoms. The predicted octanol–water partition coefficient (Wildman–Crippen LogP) is 1.77. The number of aliphatic imine (C=N–C) groups is 1. The number of guanidine groups is 1. The summed E-state index contributed by atoms with van der Waals surface area (Å²) in [4.78, 5) is 6.46. The molecule has 2 aromatic heterocycles. The molecule has 0 spiro atoms. The summed E-state index contributed by atoms with van der Waals surface area (Å²) >= 11 is 3.50. The number of hydrogen-bond acceptors (Lipinski definition) is 2. The van der Waals surface area contributed by atoms with Gasteiger partial charge in [-0.15, -0.1) is 0 Å². The Morgan fingerprint density at radius 2 is 2.18 bits per heavy atom. The van der Waals surface area contributed by atoms with Crippen molar-refractivity contribution in [3.05, 3.63) is 40.4 Å². The van der Waals surface area contributed by atoms with Gasteiger partial charge in [0, 0.05) is 57.3 Å². The summed E-state index contributed by atoms with van der Waals surface area (Å²) in [5, 5.41) is 7.57. The van der Waals surface area contributed by atoms with Crippen molar-refractivity contribution >= 4 is 21.9 Å². The zero-order valence-corrected chi connectivity index (χ0v) is 15.1. The highest BCUT2D eigenvalue weighted by molar-refractivity contribution is 9.10. The van der Waals surface area contributed by atoms with Gasteiger partial charge in [-0.1, -0.05) is 0 Å². The highest BCUT2D eigenvalue weighted by Crippen LogP contribution is 2.14. The monoisotopic (exact) mass is 366 g/mol. The number of aryl methyl sites for hydroxylation is 2. The van der Waals surface area contributed by atoms with Crippen LogP contribution in [0.3, 0.4) is 0 Å². The summed E-state index contributed by atoms with van der Waals surface area (Å²) in [6, 6.07) is 2.12. The molecule has 1 N–H and O–H groups in total. The zero-order valence-electron chi connectivity index (χ0n) is 13.5. The molecule has 7 heteroatoms. The largest absolute Gasteiger partial charge is 0.356 e. The van der Waals surface area contributed by atoms with Crippen molar-refractivity contribution in [3.63, 3.8) is 0 Å². The molecule has 0 unspecified atom stereocenters. The molecule has 120 valence electrons. The number of halogens is 1. The van der Waals surface area contributed by atoms with E-state index >= 15 is 0 Å². The molecule has 0 saturated carbocycles. The lowest BCUT2D eigenvalue weighted by atomic mass is 10.2. The van der Waals surface area contributed by atoms with Crippen molar-refractivity contribution in [3.8, 4) is 0 Å². The van der Waals surface area contributed by atoms with Crippen molar-refractivity contribution in [2.45, 2.75) is 13.0 Å². The Morgan fingerprint density at radius 3 is 2.73 bits per heavy atom. The standard InChI is InChI=1S/C15H23BrN6/c1-17-15(18-6-5-12-8-19-22(4)9-12)21(3)11-14-7-13(16)10-20(14)2/h7-10H,5-6,11H2,1-4H3,(H,17,18). The van der Waals surface area contributed by atoms with Gasteiger partial charge in [0.05, 0.1) is 12.7 Å². The third kappa shape index (κ3) is 4.37. The summed E-state index contributed by atoms with van der Waals surface area (Å²) in [6.07, 6.45) is 6.92. The summed E-state index contributed by atoms with van der Waals surface area (Å²) in [5.74, 6) is 0.890. The van der Waals surface area contributed by atoms with Crippen LogP contribution in [0, 0.1) is 0 Å². The number of nitrogens with one attached hydrogen (secondary N) is 1. The minimum atomic E-state index is 0.800. The molecule has 0 radical (unpaired) electrons. The van der Waals surface area contributed by atoms with E-state index in [1.165, 1.54) is 11.3 Å². The quantitative estimate of drug-likeness (QED) is 0.647. The molecule has 22 heavy (non-hydrogen) atoms. The fraction of sp³-hybridized carbons (Fsp3) is 0.467. The van der Waals surface area contributed by atoms with Crippen LogP contribution >= 0.6 is 15.9 Å². The van der Waals surface area contributed by atoms with Crippen molar-refractivity contribution in [2.75, 3.05) is 20.6 Å². The molecule has 0 saturated heterocycles. The molecule has 0 aliphatic rings. The van der Waals surface area contributed by atoms with Crippen molar-refractivity contribution in [1.29, 1.82) is 0 Å². The van der Waals surface area contributed by atoms with Gasteiger partial charge in [0.15, 0.2) is 5.96 Å². The molecule has 0 aromatic carbocycles. The Bertz CT molecular complexity index is 642. The van der Waals surface area contributed by atoms with Crippen LogP contribution < -0.4 is 5.32 Å². The van der Waals surface area contributed by atoms with Crippen LogP contribution in [0.5, 0.6) is 0 Å². The first kappa shape index (κ1) is 16.6. The van der Waals surface area contributed by atoms with E-state index in [0.29, 0.717) is 0 Å². The zero-order chi connectivity index (χ0) is 16.1. The van der Waals surface area contributed by atoms with Gasteiger partial charge in [0.2, 0.25) is 0 Å². The first-order valence-electron chi connectivity index (χ1n) is 7.19. The van der Waals surface area contributed by atoms with E-state index in [0.717, 1.165) is 29.9 Å². The van der Waals surface area contributed by atoms with Gasteiger partial charge in [-0.2, -0.15) is 5.10 Å². The summed E-state index contributed by atoms with van der Waals surface area (Å²) in [7, 11) is 7.83. The molecule has 0 aliphatic heterocycles. The lowest BCUT2D eigenvalue weighted by Crippen LogP contribution is -2.39. The molecule has 2 heterocycles. The molecule has 0 atom stereocenters. The second kappa shape index (κ2) is 7.49. The van der Waals surface area contributed by atoms with Gasteiger partial charge in [-0.3, -0.25) is 9.67 Å². The Hall–Kier alpha value is -1.76. The number of nitrogens with zero attached hydrogens (tertiary/aromatic N) is 5. The van der Waals surface area contributed by atoms with Gasteiger partial charge in [-0.05, 0) is 34.0 Å². The average molecular weight is 367 g/mol. The molecule has 0 amide bonds. The van der Waals surface area contributed by atoms with Crippen LogP contribution in [-0.2, 0) is 27.1 Å². The summed E-state index contributed by atoms with van der Waals surface area (Å²) in [6.45, 7) is 1.63. The minimum Gasteiger partial charge on any atom is -0.356 e. The topological polar surface area (TPSA) is 50.4 Å². The van der Waals surface area contributed by atoms with E-state index < -0.39 is 0 Å². The van der Waals surface area contributed by atoms with Crippen LogP contribution in [0.4, 0.5) is 0 Å². The van der Waals surface area contributed by atoms with E-state index in [1.807, 2.05) is 45.3 Å². The van der Waals surface area contributed by atoms with Crippen molar-refractivity contribution < 1.29 is 0 Å². The molecule has 6 nitrogen and oxygen atoms in total. The molecule has 0 aliphatic carbocycles. The van der Waals surface area contributed by atoms with Gasteiger partial charge >= 0.3 is 0 Å². The Kier molecular flexibility index (Phi) is 5.65. The summed E-state index contributed by atoms with van der Waals surface area (Å²) in [5.41, 5.74) is 2.45. The fourth-order valence-electron chi connectivity index (χ4n) is 2.35. The van der Waals surface area contributed by atoms with Crippen molar-refractivity contribution in [2.24, 2.45) is 19.1 Å². The van der Waals surface area contributed by atoms with Crippen LogP contribution in [0.25, 0.3) is 0 Å². The Balaban J connectivity index is 1.86. The first-order chi connectivity index (χ1) is 10.5. The number of hydrogen-bond donors (Lipinski definition) is 1. The second-order valence-corrected chi connectivity index (χ2v) is 6.28. The normalized spacial score (nSPS) is 11.8. The van der Waals surface area contributed by atoms with E-state index in [2.05, 4.69) is 53.1 Å². The van der Waals surface area contributed by atoms with E-state index in [9.17, 15) is 0 Å². The maximum Gasteiger partial charge on any atom is 0.193 e. The van der Waals surface area contributed by atoms with Gasteiger partial charge < -0.3 is 14.8 Å². The maximum absolute atomic E-state index is 4.35. The molecular formula is C15H23BrN6. The highest BCUT2D eigenvalue weighted by Gasteiger charge is 2.09. The lowest BCUT2D eigenvalue weighted by Gasteiger charge is -2.22. The fourth-order valence-corrected chi connectivity index (χ4v) is 2.92. The number of aromatic nitrogens is 3. The summed E-state index contributed by atoms with van der Waals surface area (Å²) < 4.78 is 5.03. The Labute approximate surface area is 140 Å². The molecule has 2 rings (SSSR count). The predicted molar refractivity (Wildman–Crippen MR) is 92.9 cm³/mol. The molecular weight excluding hydrogens is 344 g/mol. The van der Waals surface area contributed by atoms with Crippen LogP contribution in [0.15, 0.2) is 34.1 Å². The molecule has 0 fully saturated rings. The van der Waals surface area contributed by atoms with E-state index in [1.54, 1.807) is 0 Å². The van der Waals surface area contributed by atoms with Crippen molar-refractivity contribution in [1.82, 2.24) is 24.6 Å².